The Balaban J connectivity index is 1.90. The van der Waals surface area contributed by atoms with E-state index in [-0.39, 0.29) is 29.7 Å². The third-order valence-electron chi connectivity index (χ3n) is 6.19. The number of unbranched alkanes of at least 4 members (excludes halogenated alkanes) is 4. The van der Waals surface area contributed by atoms with Crippen LogP contribution in [-0.2, 0) is 19.1 Å². The van der Waals surface area contributed by atoms with Crippen molar-refractivity contribution in [3.63, 3.8) is 0 Å². The molecule has 1 atom stereocenters. The molecule has 1 unspecified atom stereocenters. The maximum atomic E-state index is 12.8. The fraction of sp³-hybridized carbons (Fsp3) is 0.905. The highest BCUT2D eigenvalue weighted by atomic mass is 16.5. The van der Waals surface area contributed by atoms with E-state index >= 15 is 0 Å². The summed E-state index contributed by atoms with van der Waals surface area (Å²) in [6.07, 6.45) is 12.0. The summed E-state index contributed by atoms with van der Waals surface area (Å²) in [5.74, 6) is 0.0526. The SMILES string of the molecule is CCCCCOC(=O)CC(C(=O)OCCCCC)C12CCC(CC1)C2. The number of ether oxygens (including phenoxy) is 2. The van der Waals surface area contributed by atoms with Gasteiger partial charge in [-0.1, -0.05) is 39.5 Å². The van der Waals surface area contributed by atoms with Crippen LogP contribution in [0.2, 0.25) is 0 Å². The van der Waals surface area contributed by atoms with Crippen molar-refractivity contribution in [1.82, 2.24) is 0 Å². The van der Waals surface area contributed by atoms with Gasteiger partial charge in [0.15, 0.2) is 0 Å². The summed E-state index contributed by atoms with van der Waals surface area (Å²) in [5.41, 5.74) is -0.00502. The van der Waals surface area contributed by atoms with E-state index < -0.39 is 0 Å². The molecular formula is C21H36O4. The number of carbonyl (C=O) groups excluding carboxylic acids is 2. The van der Waals surface area contributed by atoms with Crippen LogP contribution < -0.4 is 0 Å². The molecule has 0 saturated heterocycles. The number of hydrogen-bond donors (Lipinski definition) is 0. The number of carbonyl (C=O) groups is 2. The van der Waals surface area contributed by atoms with Crippen molar-refractivity contribution in [2.45, 2.75) is 90.9 Å². The van der Waals surface area contributed by atoms with Crippen LogP contribution in [0.25, 0.3) is 0 Å². The first-order chi connectivity index (χ1) is 12.1. The summed E-state index contributed by atoms with van der Waals surface area (Å²) >= 11 is 0. The summed E-state index contributed by atoms with van der Waals surface area (Å²) in [5, 5.41) is 0. The Morgan fingerprint density at radius 2 is 1.56 bits per heavy atom. The van der Waals surface area contributed by atoms with Crippen LogP contribution in [0, 0.1) is 17.3 Å². The minimum Gasteiger partial charge on any atom is -0.466 e. The number of hydrogen-bond acceptors (Lipinski definition) is 4. The Kier molecular flexibility index (Phi) is 8.25. The van der Waals surface area contributed by atoms with Gasteiger partial charge >= 0.3 is 11.9 Å². The van der Waals surface area contributed by atoms with E-state index in [0.717, 1.165) is 63.7 Å². The highest BCUT2D eigenvalue weighted by Crippen LogP contribution is 2.59. The van der Waals surface area contributed by atoms with Gasteiger partial charge in [-0.3, -0.25) is 9.59 Å². The quantitative estimate of drug-likeness (QED) is 0.365. The standard InChI is InChI=1S/C21H36O4/c1-3-5-7-13-24-19(22)15-18(20(23)25-14-8-6-4-2)21-11-9-17(16-21)10-12-21/h17-18H,3-16H2,1-2H3. The minimum atomic E-state index is -0.305. The van der Waals surface area contributed by atoms with Crippen molar-refractivity contribution >= 4 is 11.9 Å². The number of esters is 2. The van der Waals surface area contributed by atoms with E-state index in [2.05, 4.69) is 13.8 Å². The Bertz CT molecular complexity index is 424. The van der Waals surface area contributed by atoms with Crippen LogP contribution in [-0.4, -0.2) is 25.2 Å². The lowest BCUT2D eigenvalue weighted by molar-refractivity contribution is -0.160. The Morgan fingerprint density at radius 1 is 0.960 bits per heavy atom. The van der Waals surface area contributed by atoms with Crippen molar-refractivity contribution in [2.24, 2.45) is 17.3 Å². The number of fused-ring (bicyclic) bond motifs is 2. The zero-order valence-electron chi connectivity index (χ0n) is 16.2. The number of rotatable bonds is 12. The van der Waals surface area contributed by atoms with Gasteiger partial charge in [-0.2, -0.15) is 0 Å². The van der Waals surface area contributed by atoms with E-state index in [1.54, 1.807) is 0 Å². The van der Waals surface area contributed by atoms with Gasteiger partial charge in [-0.25, -0.2) is 0 Å². The molecule has 2 aliphatic carbocycles. The highest BCUT2D eigenvalue weighted by molar-refractivity contribution is 5.81. The lowest BCUT2D eigenvalue weighted by Crippen LogP contribution is -2.36. The molecule has 0 aromatic heterocycles. The molecule has 25 heavy (non-hydrogen) atoms. The van der Waals surface area contributed by atoms with Crippen LogP contribution in [0.15, 0.2) is 0 Å². The molecule has 4 nitrogen and oxygen atoms in total. The molecule has 2 fully saturated rings. The van der Waals surface area contributed by atoms with Crippen molar-refractivity contribution in [2.75, 3.05) is 13.2 Å². The largest absolute Gasteiger partial charge is 0.466 e. The molecule has 2 rings (SSSR count). The molecular weight excluding hydrogens is 316 g/mol. The van der Waals surface area contributed by atoms with Gasteiger partial charge in [0, 0.05) is 0 Å². The highest BCUT2D eigenvalue weighted by Gasteiger charge is 2.53. The van der Waals surface area contributed by atoms with Crippen LogP contribution in [0.4, 0.5) is 0 Å². The fourth-order valence-electron chi connectivity index (χ4n) is 4.67. The molecule has 0 spiro atoms. The van der Waals surface area contributed by atoms with Crippen molar-refractivity contribution in [1.29, 1.82) is 0 Å². The zero-order valence-corrected chi connectivity index (χ0v) is 16.2. The molecule has 0 heterocycles. The Hall–Kier alpha value is -1.06. The molecule has 0 aromatic carbocycles. The van der Waals surface area contributed by atoms with Crippen LogP contribution in [0.5, 0.6) is 0 Å². The summed E-state index contributed by atoms with van der Waals surface area (Å²) < 4.78 is 10.9. The fourth-order valence-corrected chi connectivity index (χ4v) is 4.67. The van der Waals surface area contributed by atoms with Gasteiger partial charge in [-0.05, 0) is 56.3 Å². The van der Waals surface area contributed by atoms with Crippen LogP contribution in [0.3, 0.4) is 0 Å². The molecule has 0 aromatic rings. The second-order valence-electron chi connectivity index (χ2n) is 8.07. The van der Waals surface area contributed by atoms with Crippen molar-refractivity contribution in [3.05, 3.63) is 0 Å². The first kappa shape index (κ1) is 20.3. The molecule has 2 aliphatic rings. The normalized spacial score (nSPS) is 25.8. The van der Waals surface area contributed by atoms with Gasteiger partial charge in [0.1, 0.15) is 0 Å². The monoisotopic (exact) mass is 352 g/mol. The van der Waals surface area contributed by atoms with Crippen LogP contribution in [0.1, 0.15) is 90.9 Å². The third-order valence-corrected chi connectivity index (χ3v) is 6.19. The topological polar surface area (TPSA) is 52.6 Å². The molecule has 0 aliphatic heterocycles. The lowest BCUT2D eigenvalue weighted by Gasteiger charge is -2.33. The zero-order chi connectivity index (χ0) is 18.1. The molecule has 144 valence electrons. The average molecular weight is 353 g/mol. The van der Waals surface area contributed by atoms with Gasteiger partial charge in [0.2, 0.25) is 0 Å². The predicted molar refractivity (Wildman–Crippen MR) is 98.1 cm³/mol. The average Bonchev–Trinajstić information content (AvgIpc) is 3.22. The lowest BCUT2D eigenvalue weighted by atomic mass is 9.71. The van der Waals surface area contributed by atoms with Gasteiger partial charge in [-0.15, -0.1) is 0 Å². The smallest absolute Gasteiger partial charge is 0.310 e. The van der Waals surface area contributed by atoms with Crippen LogP contribution >= 0.6 is 0 Å². The third kappa shape index (κ3) is 5.72. The van der Waals surface area contributed by atoms with Crippen molar-refractivity contribution < 1.29 is 19.1 Å². The Labute approximate surface area is 153 Å². The second-order valence-corrected chi connectivity index (χ2v) is 8.07. The van der Waals surface area contributed by atoms with E-state index in [0.29, 0.717) is 13.2 Å². The maximum Gasteiger partial charge on any atom is 0.310 e. The van der Waals surface area contributed by atoms with Gasteiger partial charge < -0.3 is 9.47 Å². The first-order valence-corrected chi connectivity index (χ1v) is 10.4. The summed E-state index contributed by atoms with van der Waals surface area (Å²) in [4.78, 5) is 25.1. The summed E-state index contributed by atoms with van der Waals surface area (Å²) in [6, 6.07) is 0. The van der Waals surface area contributed by atoms with E-state index in [1.807, 2.05) is 0 Å². The molecule has 0 N–H and O–H groups in total. The summed E-state index contributed by atoms with van der Waals surface area (Å²) in [6.45, 7) is 5.21. The molecule has 0 radical (unpaired) electrons. The van der Waals surface area contributed by atoms with E-state index in [9.17, 15) is 9.59 Å². The van der Waals surface area contributed by atoms with E-state index in [1.165, 1.54) is 12.8 Å². The van der Waals surface area contributed by atoms with Gasteiger partial charge in [0.05, 0.1) is 25.6 Å². The van der Waals surface area contributed by atoms with Crippen molar-refractivity contribution in [3.8, 4) is 0 Å². The second kappa shape index (κ2) is 10.2. The maximum absolute atomic E-state index is 12.8. The molecule has 0 amide bonds. The molecule has 2 saturated carbocycles. The van der Waals surface area contributed by atoms with E-state index in [4.69, 9.17) is 9.47 Å². The summed E-state index contributed by atoms with van der Waals surface area (Å²) in [7, 11) is 0. The first-order valence-electron chi connectivity index (χ1n) is 10.4. The Morgan fingerprint density at radius 3 is 2.08 bits per heavy atom. The molecule has 2 bridgehead atoms. The van der Waals surface area contributed by atoms with Gasteiger partial charge in [0.25, 0.3) is 0 Å². The predicted octanol–water partition coefficient (Wildman–Crippen LogP) is 5.04. The molecule has 4 heteroatoms. The minimum absolute atomic E-state index is 0.00502.